The second-order valence-corrected chi connectivity index (χ2v) is 6.18. The van der Waals surface area contributed by atoms with Crippen LogP contribution in [0.3, 0.4) is 0 Å². The van der Waals surface area contributed by atoms with Crippen molar-refractivity contribution >= 4 is 29.1 Å². The van der Waals surface area contributed by atoms with E-state index in [-0.39, 0.29) is 5.97 Å². The molecule has 0 radical (unpaired) electrons. The maximum atomic E-state index is 11.2. The lowest BCUT2D eigenvalue weighted by Gasteiger charge is -2.04. The zero-order valence-corrected chi connectivity index (χ0v) is 10.3. The van der Waals surface area contributed by atoms with Gasteiger partial charge in [-0.3, -0.25) is 0 Å². The summed E-state index contributed by atoms with van der Waals surface area (Å²) in [5, 5.41) is 2.64. The summed E-state index contributed by atoms with van der Waals surface area (Å²) in [4.78, 5) is 11.2. The molecule has 2 rings (SSSR count). The van der Waals surface area contributed by atoms with Crippen LogP contribution in [0.4, 0.5) is 0 Å². The Labute approximate surface area is 98.0 Å². The summed E-state index contributed by atoms with van der Waals surface area (Å²) in [6.45, 7) is 0. The van der Waals surface area contributed by atoms with Crippen LogP contribution in [-0.4, -0.2) is 18.3 Å². The second-order valence-electron chi connectivity index (χ2n) is 3.67. The van der Waals surface area contributed by atoms with Crippen LogP contribution in [0.25, 0.3) is 0 Å². The molecule has 0 unspecified atom stereocenters. The molecule has 0 aliphatic heterocycles. The first-order chi connectivity index (χ1) is 7.29. The van der Waals surface area contributed by atoms with Crippen molar-refractivity contribution in [3.63, 3.8) is 0 Å². The van der Waals surface area contributed by atoms with Gasteiger partial charge in [0.2, 0.25) is 0 Å². The number of carbonyl (C=O) groups excluding carboxylic acids is 1. The summed E-state index contributed by atoms with van der Waals surface area (Å²) in [5.74, 6) is -0.232. The van der Waals surface area contributed by atoms with Gasteiger partial charge in [0.25, 0.3) is 0 Å². The van der Waals surface area contributed by atoms with E-state index in [0.29, 0.717) is 5.56 Å². The first kappa shape index (κ1) is 11.0. The van der Waals surface area contributed by atoms with E-state index in [9.17, 15) is 4.79 Å². The molecule has 1 fully saturated rings. The van der Waals surface area contributed by atoms with Crippen molar-refractivity contribution < 1.29 is 9.53 Å². The molecule has 2 nitrogen and oxygen atoms in total. The Morgan fingerprint density at radius 2 is 2.27 bits per heavy atom. The molecule has 1 aromatic heterocycles. The van der Waals surface area contributed by atoms with E-state index in [2.05, 4.69) is 4.74 Å². The van der Waals surface area contributed by atoms with Crippen molar-refractivity contribution in [3.8, 4) is 0 Å². The van der Waals surface area contributed by atoms with Crippen LogP contribution in [0.2, 0.25) is 0 Å². The van der Waals surface area contributed by atoms with Gasteiger partial charge in [-0.05, 0) is 18.9 Å². The van der Waals surface area contributed by atoms with E-state index in [0.717, 1.165) is 5.25 Å². The van der Waals surface area contributed by atoms with E-state index in [1.165, 1.54) is 37.0 Å². The highest BCUT2D eigenvalue weighted by Gasteiger charge is 2.18. The van der Waals surface area contributed by atoms with Crippen LogP contribution in [0.1, 0.15) is 36.0 Å². The molecule has 0 N–H and O–H groups in total. The Bertz CT molecular complexity index is 340. The zero-order chi connectivity index (χ0) is 10.7. The molecule has 1 aliphatic rings. The molecule has 0 saturated heterocycles. The van der Waals surface area contributed by atoms with E-state index in [1.807, 2.05) is 23.2 Å². The molecule has 0 spiro atoms. The van der Waals surface area contributed by atoms with E-state index >= 15 is 0 Å². The third kappa shape index (κ3) is 2.75. The summed E-state index contributed by atoms with van der Waals surface area (Å²) >= 11 is 3.55. The number of thioether (sulfide) groups is 1. The number of hydrogen-bond donors (Lipinski definition) is 0. The van der Waals surface area contributed by atoms with Gasteiger partial charge in [-0.2, -0.15) is 0 Å². The lowest BCUT2D eigenvalue weighted by Crippen LogP contribution is -1.98. The van der Waals surface area contributed by atoms with Gasteiger partial charge in [0.05, 0.1) is 16.9 Å². The fourth-order valence-corrected chi connectivity index (χ4v) is 4.24. The molecule has 1 aromatic rings. The van der Waals surface area contributed by atoms with Crippen molar-refractivity contribution in [1.29, 1.82) is 0 Å². The smallest absolute Gasteiger partial charge is 0.338 e. The fraction of sp³-hybridized carbons (Fsp3) is 0.545. The summed E-state index contributed by atoms with van der Waals surface area (Å²) in [6.07, 6.45) is 5.34. The number of rotatable bonds is 3. The zero-order valence-electron chi connectivity index (χ0n) is 8.69. The van der Waals surface area contributed by atoms with Crippen LogP contribution < -0.4 is 0 Å². The van der Waals surface area contributed by atoms with Gasteiger partial charge in [-0.15, -0.1) is 23.1 Å². The van der Waals surface area contributed by atoms with Crippen LogP contribution in [0, 0.1) is 0 Å². The van der Waals surface area contributed by atoms with Crippen molar-refractivity contribution in [1.82, 2.24) is 0 Å². The highest BCUT2D eigenvalue weighted by molar-refractivity contribution is 8.01. The summed E-state index contributed by atoms with van der Waals surface area (Å²) in [5.41, 5.74) is 0.683. The topological polar surface area (TPSA) is 26.3 Å². The maximum Gasteiger partial charge on any atom is 0.338 e. The normalized spacial score (nSPS) is 16.9. The lowest BCUT2D eigenvalue weighted by molar-refractivity contribution is 0.0601. The first-order valence-electron chi connectivity index (χ1n) is 5.13. The van der Waals surface area contributed by atoms with Gasteiger partial charge in [0.15, 0.2) is 0 Å². The van der Waals surface area contributed by atoms with Crippen LogP contribution in [0.15, 0.2) is 15.7 Å². The molecule has 0 amide bonds. The van der Waals surface area contributed by atoms with Gasteiger partial charge in [0, 0.05) is 10.6 Å². The van der Waals surface area contributed by atoms with Gasteiger partial charge in [0.1, 0.15) is 0 Å². The van der Waals surface area contributed by atoms with Crippen molar-refractivity contribution in [3.05, 3.63) is 17.0 Å². The maximum absolute atomic E-state index is 11.2. The third-order valence-corrected chi connectivity index (χ3v) is 5.04. The molecule has 1 aliphatic carbocycles. The van der Waals surface area contributed by atoms with E-state index in [4.69, 9.17) is 0 Å². The number of methoxy groups -OCH3 is 1. The van der Waals surface area contributed by atoms with Gasteiger partial charge >= 0.3 is 5.97 Å². The Balaban J connectivity index is 1.97. The molecule has 1 saturated carbocycles. The number of hydrogen-bond acceptors (Lipinski definition) is 4. The Hall–Kier alpha value is -0.480. The predicted molar refractivity (Wildman–Crippen MR) is 63.8 cm³/mol. The SMILES string of the molecule is COC(=O)c1csc(SC2CCCC2)c1. The average molecular weight is 242 g/mol. The minimum atomic E-state index is -0.232. The molecule has 0 bridgehead atoms. The van der Waals surface area contributed by atoms with Crippen molar-refractivity contribution in [2.24, 2.45) is 0 Å². The number of thiophene rings is 1. The number of carbonyl (C=O) groups is 1. The van der Waals surface area contributed by atoms with Gasteiger partial charge in [-0.1, -0.05) is 12.8 Å². The quantitative estimate of drug-likeness (QED) is 0.758. The third-order valence-electron chi connectivity index (χ3n) is 2.58. The van der Waals surface area contributed by atoms with Crippen molar-refractivity contribution in [2.45, 2.75) is 35.1 Å². The molecule has 82 valence electrons. The fourth-order valence-electron chi connectivity index (χ4n) is 1.77. The highest BCUT2D eigenvalue weighted by Crippen LogP contribution is 2.37. The molecular formula is C11H14O2S2. The average Bonchev–Trinajstić information content (AvgIpc) is 2.88. The summed E-state index contributed by atoms with van der Waals surface area (Å²) in [7, 11) is 1.42. The standard InChI is InChI=1S/C11H14O2S2/c1-13-11(12)8-6-10(14-7-8)15-9-4-2-3-5-9/h6-7,9H,2-5H2,1H3. The van der Waals surface area contributed by atoms with Crippen LogP contribution in [0.5, 0.6) is 0 Å². The monoisotopic (exact) mass is 242 g/mol. The minimum Gasteiger partial charge on any atom is -0.465 e. The lowest BCUT2D eigenvalue weighted by atomic mass is 10.3. The Morgan fingerprint density at radius 1 is 1.53 bits per heavy atom. The van der Waals surface area contributed by atoms with Gasteiger partial charge in [-0.25, -0.2) is 4.79 Å². The molecule has 0 atom stereocenters. The first-order valence-corrected chi connectivity index (χ1v) is 6.89. The van der Waals surface area contributed by atoms with Crippen molar-refractivity contribution in [2.75, 3.05) is 7.11 Å². The predicted octanol–water partition coefficient (Wildman–Crippen LogP) is 3.57. The minimum absolute atomic E-state index is 0.232. The van der Waals surface area contributed by atoms with E-state index < -0.39 is 0 Å². The Kier molecular flexibility index (Phi) is 3.70. The number of ether oxygens (including phenoxy) is 1. The Morgan fingerprint density at radius 3 is 2.93 bits per heavy atom. The number of esters is 1. The molecule has 0 aromatic carbocycles. The molecule has 4 heteroatoms. The molecule has 1 heterocycles. The summed E-state index contributed by atoms with van der Waals surface area (Å²) < 4.78 is 5.92. The second kappa shape index (κ2) is 5.03. The van der Waals surface area contributed by atoms with Gasteiger partial charge < -0.3 is 4.74 Å². The largest absolute Gasteiger partial charge is 0.465 e. The molecule has 15 heavy (non-hydrogen) atoms. The summed E-state index contributed by atoms with van der Waals surface area (Å²) in [6, 6.07) is 1.94. The van der Waals surface area contributed by atoms with Crippen LogP contribution >= 0.6 is 23.1 Å². The molecular weight excluding hydrogens is 228 g/mol. The van der Waals surface area contributed by atoms with E-state index in [1.54, 1.807) is 11.3 Å². The van der Waals surface area contributed by atoms with Crippen LogP contribution in [-0.2, 0) is 4.74 Å². The highest BCUT2D eigenvalue weighted by atomic mass is 32.2.